The van der Waals surface area contributed by atoms with E-state index in [1.165, 1.54) is 186 Å². The summed E-state index contributed by atoms with van der Waals surface area (Å²) in [6.07, 6.45) is 43.8. The molecule has 0 aromatic heterocycles. The molecule has 7 N–H and O–H groups in total. The van der Waals surface area contributed by atoms with E-state index in [1.807, 2.05) is 0 Å². The summed E-state index contributed by atoms with van der Waals surface area (Å²) in [5, 5.41) is 29.6. The highest BCUT2D eigenvalue weighted by atomic mass is 16.3. The standard InChI is InChI=1S/C44H95N5O2/c1-3-5-7-9-11-13-15-17-19-21-23-25-27-29-31-39-47-44(35-33-37-46-38-34-36-45)49(41-43(51)42-50)48-40-32-30-28-26-24-22-20-18-16-14-12-10-8-6-4-2/h43-44,46-48,50-51H,3-42,45H2,1-2H3. The largest absolute Gasteiger partial charge is 0.394 e. The van der Waals surface area contributed by atoms with Crippen molar-refractivity contribution in [1.29, 1.82) is 0 Å². The Morgan fingerprint density at radius 1 is 0.471 bits per heavy atom. The molecule has 0 aromatic carbocycles. The van der Waals surface area contributed by atoms with Gasteiger partial charge in [0.15, 0.2) is 0 Å². The van der Waals surface area contributed by atoms with Crippen LogP contribution in [-0.2, 0) is 0 Å². The molecule has 0 amide bonds. The molecule has 0 saturated carbocycles. The van der Waals surface area contributed by atoms with Gasteiger partial charge in [0, 0.05) is 13.1 Å². The third-order valence-corrected chi connectivity index (χ3v) is 10.6. The van der Waals surface area contributed by atoms with Crippen LogP contribution in [0.15, 0.2) is 0 Å². The van der Waals surface area contributed by atoms with E-state index in [4.69, 9.17) is 5.73 Å². The summed E-state index contributed by atoms with van der Waals surface area (Å²) in [6.45, 7) is 9.41. The predicted octanol–water partition coefficient (Wildman–Crippen LogP) is 10.5. The molecule has 0 spiro atoms. The van der Waals surface area contributed by atoms with Crippen molar-refractivity contribution in [2.75, 3.05) is 45.9 Å². The third-order valence-electron chi connectivity index (χ3n) is 10.6. The van der Waals surface area contributed by atoms with Gasteiger partial charge in [-0.1, -0.05) is 194 Å². The Hall–Kier alpha value is -0.280. The van der Waals surface area contributed by atoms with E-state index in [0.717, 1.165) is 58.4 Å². The van der Waals surface area contributed by atoms with Crippen molar-refractivity contribution in [3.05, 3.63) is 0 Å². The maximum absolute atomic E-state index is 10.4. The highest BCUT2D eigenvalue weighted by molar-refractivity contribution is 4.72. The van der Waals surface area contributed by atoms with Gasteiger partial charge in [-0.3, -0.25) is 5.43 Å². The molecule has 0 aliphatic carbocycles. The Balaban J connectivity index is 4.29. The van der Waals surface area contributed by atoms with Crippen molar-refractivity contribution in [3.8, 4) is 0 Å². The van der Waals surface area contributed by atoms with Crippen LogP contribution in [0.1, 0.15) is 226 Å². The quantitative estimate of drug-likeness (QED) is 0.0211. The van der Waals surface area contributed by atoms with E-state index in [0.29, 0.717) is 6.54 Å². The Kier molecular flexibility index (Phi) is 43.9. The summed E-state index contributed by atoms with van der Waals surface area (Å²) in [5.41, 5.74) is 9.33. The zero-order valence-corrected chi connectivity index (χ0v) is 34.9. The Bertz CT molecular complexity index is 628. The molecule has 2 unspecified atom stereocenters. The summed E-state index contributed by atoms with van der Waals surface area (Å²) in [4.78, 5) is 0. The van der Waals surface area contributed by atoms with E-state index in [-0.39, 0.29) is 12.8 Å². The summed E-state index contributed by atoms with van der Waals surface area (Å²) in [6, 6.07) is 0. The van der Waals surface area contributed by atoms with Gasteiger partial charge < -0.3 is 26.6 Å². The number of hydrazine groups is 1. The minimum Gasteiger partial charge on any atom is -0.394 e. The summed E-state index contributed by atoms with van der Waals surface area (Å²) in [5.74, 6) is 0. The highest BCUT2D eigenvalue weighted by Gasteiger charge is 2.20. The predicted molar refractivity (Wildman–Crippen MR) is 225 cm³/mol. The van der Waals surface area contributed by atoms with Gasteiger partial charge in [-0.25, -0.2) is 5.01 Å². The summed E-state index contributed by atoms with van der Waals surface area (Å²) < 4.78 is 0. The van der Waals surface area contributed by atoms with Crippen molar-refractivity contribution in [2.24, 2.45) is 5.73 Å². The average molecular weight is 726 g/mol. The molecule has 0 bridgehead atoms. The van der Waals surface area contributed by atoms with Gasteiger partial charge in [0.2, 0.25) is 0 Å². The zero-order valence-electron chi connectivity index (χ0n) is 34.9. The number of aliphatic hydroxyl groups is 2. The number of rotatable bonds is 45. The second kappa shape index (κ2) is 44.1. The van der Waals surface area contributed by atoms with Gasteiger partial charge in [-0.05, 0) is 58.3 Å². The van der Waals surface area contributed by atoms with E-state index >= 15 is 0 Å². The maximum atomic E-state index is 10.4. The number of unbranched alkanes of at least 4 members (excludes halogenated alkanes) is 28. The fourth-order valence-corrected chi connectivity index (χ4v) is 7.21. The molecule has 0 radical (unpaired) electrons. The molecule has 7 heteroatoms. The van der Waals surface area contributed by atoms with E-state index < -0.39 is 6.10 Å². The van der Waals surface area contributed by atoms with Crippen molar-refractivity contribution < 1.29 is 10.2 Å². The minimum absolute atomic E-state index is 0.144. The lowest BCUT2D eigenvalue weighted by Gasteiger charge is -2.34. The molecule has 0 fully saturated rings. The zero-order chi connectivity index (χ0) is 37.1. The minimum atomic E-state index is -0.740. The van der Waals surface area contributed by atoms with Crippen LogP contribution in [0.3, 0.4) is 0 Å². The molecule has 0 heterocycles. The summed E-state index contributed by atoms with van der Waals surface area (Å²) >= 11 is 0. The molecular weight excluding hydrogens is 631 g/mol. The number of hydrogen-bond donors (Lipinski definition) is 6. The van der Waals surface area contributed by atoms with Gasteiger partial charge in [-0.15, -0.1) is 0 Å². The lowest BCUT2D eigenvalue weighted by molar-refractivity contribution is 0.00820. The Labute approximate surface area is 320 Å². The maximum Gasteiger partial charge on any atom is 0.0912 e. The molecule has 51 heavy (non-hydrogen) atoms. The van der Waals surface area contributed by atoms with Gasteiger partial charge in [0.25, 0.3) is 0 Å². The number of nitrogens with two attached hydrogens (primary N) is 1. The van der Waals surface area contributed by atoms with Crippen molar-refractivity contribution in [1.82, 2.24) is 21.1 Å². The fraction of sp³-hybridized carbons (Fsp3) is 1.00. The first-order chi connectivity index (χ1) is 25.2. The van der Waals surface area contributed by atoms with Crippen LogP contribution >= 0.6 is 0 Å². The van der Waals surface area contributed by atoms with E-state index in [2.05, 4.69) is 34.9 Å². The van der Waals surface area contributed by atoms with Crippen LogP contribution in [-0.4, -0.2) is 73.4 Å². The first kappa shape index (κ1) is 50.7. The van der Waals surface area contributed by atoms with Crippen molar-refractivity contribution in [2.45, 2.75) is 238 Å². The molecule has 0 aliphatic heterocycles. The summed E-state index contributed by atoms with van der Waals surface area (Å²) in [7, 11) is 0. The van der Waals surface area contributed by atoms with Crippen LogP contribution in [0.25, 0.3) is 0 Å². The smallest absolute Gasteiger partial charge is 0.0912 e. The number of nitrogens with zero attached hydrogens (tertiary/aromatic N) is 1. The SMILES string of the molecule is CCCCCCCCCCCCCCCCCNC(CCCNCCCN)N(CC(O)CO)NCCCCCCCCCCCCCCCCC. The second-order valence-corrected chi connectivity index (χ2v) is 15.8. The highest BCUT2D eigenvalue weighted by Crippen LogP contribution is 2.15. The van der Waals surface area contributed by atoms with E-state index in [1.54, 1.807) is 0 Å². The lowest BCUT2D eigenvalue weighted by atomic mass is 10.0. The van der Waals surface area contributed by atoms with Gasteiger partial charge >= 0.3 is 0 Å². The molecule has 0 aromatic rings. The monoisotopic (exact) mass is 726 g/mol. The van der Waals surface area contributed by atoms with Crippen LogP contribution in [0.4, 0.5) is 0 Å². The lowest BCUT2D eigenvalue weighted by Crippen LogP contribution is -2.56. The molecule has 2 atom stereocenters. The molecule has 7 nitrogen and oxygen atoms in total. The van der Waals surface area contributed by atoms with Crippen LogP contribution in [0, 0.1) is 0 Å². The Morgan fingerprint density at radius 3 is 1.24 bits per heavy atom. The third kappa shape index (κ3) is 39.2. The fourth-order valence-electron chi connectivity index (χ4n) is 7.21. The number of hydrogen-bond acceptors (Lipinski definition) is 7. The first-order valence-corrected chi connectivity index (χ1v) is 23.1. The average Bonchev–Trinajstić information content (AvgIpc) is 3.14. The normalized spacial score (nSPS) is 13.1. The molecule has 308 valence electrons. The molecule has 0 saturated heterocycles. The van der Waals surface area contributed by atoms with Crippen LogP contribution in [0.5, 0.6) is 0 Å². The van der Waals surface area contributed by atoms with Gasteiger partial charge in [0.1, 0.15) is 0 Å². The van der Waals surface area contributed by atoms with Crippen LogP contribution in [0.2, 0.25) is 0 Å². The first-order valence-electron chi connectivity index (χ1n) is 23.1. The van der Waals surface area contributed by atoms with Gasteiger partial charge in [-0.2, -0.15) is 0 Å². The van der Waals surface area contributed by atoms with E-state index in [9.17, 15) is 10.2 Å². The molecule has 0 rings (SSSR count). The number of aliphatic hydroxyl groups excluding tert-OH is 2. The second-order valence-electron chi connectivity index (χ2n) is 15.8. The van der Waals surface area contributed by atoms with Crippen molar-refractivity contribution >= 4 is 0 Å². The Morgan fingerprint density at radius 2 is 0.843 bits per heavy atom. The number of nitrogens with one attached hydrogen (secondary N) is 3. The van der Waals surface area contributed by atoms with Crippen molar-refractivity contribution in [3.63, 3.8) is 0 Å². The molecular formula is C44H95N5O2. The topological polar surface area (TPSA) is 106 Å². The van der Waals surface area contributed by atoms with Crippen LogP contribution < -0.4 is 21.8 Å². The molecule has 0 aliphatic rings. The van der Waals surface area contributed by atoms with Gasteiger partial charge in [0.05, 0.1) is 18.9 Å².